The number of imidazole rings is 1. The van der Waals surface area contributed by atoms with Gasteiger partial charge in [0, 0.05) is 0 Å². The number of urea groups is 1. The van der Waals surface area contributed by atoms with E-state index in [0.717, 1.165) is 51.9 Å². The van der Waals surface area contributed by atoms with E-state index in [1.165, 1.54) is 11.1 Å². The van der Waals surface area contributed by atoms with Crippen LogP contribution in [-0.4, -0.2) is 44.1 Å². The van der Waals surface area contributed by atoms with Gasteiger partial charge < -0.3 is 15.0 Å². The number of hydrogen-bond donors (Lipinski definition) is 2. The summed E-state index contributed by atoms with van der Waals surface area (Å²) in [5.74, 6) is -0.332. The summed E-state index contributed by atoms with van der Waals surface area (Å²) in [6, 6.07) is 9.63. The standard InChI is InChI=1S/C25H28N4O3/c1-15-9-21-22(10-16(15)2)28(14-26-21)12-20(30)13-29-23(31)25(3,27-24(29)32)19-8-7-17-5-4-6-18(17)11-19/h7-11,14,20,30H,4-6,12-13H2,1-3H3,(H,27,32)/t20-,25-/m0/s1. The highest BCUT2D eigenvalue weighted by Crippen LogP contribution is 2.32. The number of carbonyl (C=O) groups is 2. The Hall–Kier alpha value is -3.19. The third kappa shape index (κ3) is 3.28. The topological polar surface area (TPSA) is 87.5 Å². The number of aryl methyl sites for hydroxylation is 4. The molecule has 0 saturated carbocycles. The molecule has 166 valence electrons. The first kappa shape index (κ1) is 20.7. The van der Waals surface area contributed by atoms with Gasteiger partial charge in [-0.2, -0.15) is 0 Å². The van der Waals surface area contributed by atoms with Gasteiger partial charge in [-0.05, 0) is 80.0 Å². The molecule has 1 aromatic heterocycles. The Morgan fingerprint density at radius 2 is 1.84 bits per heavy atom. The molecule has 1 fully saturated rings. The SMILES string of the molecule is Cc1cc2ncn(C[C@H](O)CN3C(=O)N[C@@](C)(c4ccc5c(c4)CCC5)C3=O)c2cc1C. The summed E-state index contributed by atoms with van der Waals surface area (Å²) in [5.41, 5.74) is 6.33. The predicted octanol–water partition coefficient (Wildman–Crippen LogP) is 2.97. The highest BCUT2D eigenvalue weighted by Gasteiger charge is 2.49. The molecule has 0 unspecified atom stereocenters. The van der Waals surface area contributed by atoms with Crippen LogP contribution in [0.2, 0.25) is 0 Å². The normalized spacial score (nSPS) is 21.3. The van der Waals surface area contributed by atoms with Crippen molar-refractivity contribution in [2.24, 2.45) is 0 Å². The lowest BCUT2D eigenvalue weighted by Crippen LogP contribution is -2.42. The minimum atomic E-state index is -1.12. The summed E-state index contributed by atoms with van der Waals surface area (Å²) in [6.07, 6.45) is 3.96. The van der Waals surface area contributed by atoms with E-state index < -0.39 is 17.7 Å². The molecule has 5 rings (SSSR count). The maximum absolute atomic E-state index is 13.3. The highest BCUT2D eigenvalue weighted by molar-refractivity contribution is 6.07. The summed E-state index contributed by atoms with van der Waals surface area (Å²) in [5, 5.41) is 13.6. The van der Waals surface area contributed by atoms with Crippen molar-refractivity contribution in [2.75, 3.05) is 6.54 Å². The molecule has 2 aliphatic rings. The molecule has 7 heteroatoms. The zero-order valence-electron chi connectivity index (χ0n) is 18.7. The van der Waals surface area contributed by atoms with Crippen LogP contribution in [0, 0.1) is 13.8 Å². The van der Waals surface area contributed by atoms with E-state index in [1.807, 2.05) is 42.7 Å². The number of rotatable bonds is 5. The Kier molecular flexibility index (Phi) is 4.82. The number of carbonyl (C=O) groups excluding carboxylic acids is 2. The quantitative estimate of drug-likeness (QED) is 0.607. The van der Waals surface area contributed by atoms with Gasteiger partial charge in [0.25, 0.3) is 5.91 Å². The van der Waals surface area contributed by atoms with Crippen LogP contribution in [0.5, 0.6) is 0 Å². The van der Waals surface area contributed by atoms with Gasteiger partial charge >= 0.3 is 6.03 Å². The van der Waals surface area contributed by atoms with E-state index in [1.54, 1.807) is 13.3 Å². The first-order chi connectivity index (χ1) is 15.3. The fourth-order valence-electron chi connectivity index (χ4n) is 4.90. The molecule has 1 saturated heterocycles. The van der Waals surface area contributed by atoms with E-state index in [9.17, 15) is 14.7 Å². The first-order valence-corrected chi connectivity index (χ1v) is 11.1. The smallest absolute Gasteiger partial charge is 0.325 e. The van der Waals surface area contributed by atoms with Crippen molar-refractivity contribution < 1.29 is 14.7 Å². The number of aliphatic hydroxyl groups excluding tert-OH is 1. The lowest BCUT2D eigenvalue weighted by Gasteiger charge is -2.24. The van der Waals surface area contributed by atoms with Crippen molar-refractivity contribution in [2.45, 2.75) is 58.2 Å². The molecule has 32 heavy (non-hydrogen) atoms. The Balaban J connectivity index is 1.34. The maximum atomic E-state index is 13.3. The van der Waals surface area contributed by atoms with Gasteiger partial charge in [-0.25, -0.2) is 9.78 Å². The van der Waals surface area contributed by atoms with E-state index >= 15 is 0 Å². The van der Waals surface area contributed by atoms with Crippen LogP contribution in [0.1, 0.15) is 41.2 Å². The van der Waals surface area contributed by atoms with Crippen LogP contribution >= 0.6 is 0 Å². The third-order valence-electron chi connectivity index (χ3n) is 6.99. The fraction of sp³-hybridized carbons (Fsp3) is 0.400. The van der Waals surface area contributed by atoms with Crippen LogP contribution < -0.4 is 5.32 Å². The Bertz CT molecular complexity index is 1250. The van der Waals surface area contributed by atoms with Crippen molar-refractivity contribution in [1.29, 1.82) is 0 Å². The predicted molar refractivity (Wildman–Crippen MR) is 121 cm³/mol. The van der Waals surface area contributed by atoms with Crippen LogP contribution in [0.3, 0.4) is 0 Å². The van der Waals surface area contributed by atoms with Crippen LogP contribution in [0.4, 0.5) is 4.79 Å². The molecule has 7 nitrogen and oxygen atoms in total. The Morgan fingerprint density at radius 3 is 2.66 bits per heavy atom. The van der Waals surface area contributed by atoms with Crippen molar-refractivity contribution in [3.63, 3.8) is 0 Å². The number of aliphatic hydroxyl groups is 1. The van der Waals surface area contributed by atoms with Gasteiger partial charge in [0.2, 0.25) is 0 Å². The van der Waals surface area contributed by atoms with E-state index in [-0.39, 0.29) is 19.0 Å². The van der Waals surface area contributed by atoms with Crippen LogP contribution in [-0.2, 0) is 29.7 Å². The van der Waals surface area contributed by atoms with E-state index in [2.05, 4.69) is 16.4 Å². The molecule has 3 aromatic rings. The summed E-state index contributed by atoms with van der Waals surface area (Å²) < 4.78 is 1.87. The molecule has 2 aromatic carbocycles. The summed E-state index contributed by atoms with van der Waals surface area (Å²) >= 11 is 0. The first-order valence-electron chi connectivity index (χ1n) is 11.1. The van der Waals surface area contributed by atoms with Crippen molar-refractivity contribution in [1.82, 2.24) is 19.8 Å². The second-order valence-electron chi connectivity index (χ2n) is 9.28. The van der Waals surface area contributed by atoms with Crippen LogP contribution in [0.25, 0.3) is 11.0 Å². The van der Waals surface area contributed by atoms with Gasteiger partial charge in [0.1, 0.15) is 5.54 Å². The average molecular weight is 433 g/mol. The number of nitrogens with zero attached hydrogens (tertiary/aromatic N) is 3. The van der Waals surface area contributed by atoms with Gasteiger partial charge in [-0.3, -0.25) is 9.69 Å². The molecule has 0 bridgehead atoms. The lowest BCUT2D eigenvalue weighted by molar-refractivity contribution is -0.132. The van der Waals surface area contributed by atoms with Crippen molar-refractivity contribution in [3.05, 3.63) is 64.5 Å². The van der Waals surface area contributed by atoms with E-state index in [4.69, 9.17) is 0 Å². The summed E-state index contributed by atoms with van der Waals surface area (Å²) in [7, 11) is 0. The molecule has 3 amide bonds. The lowest BCUT2D eigenvalue weighted by atomic mass is 9.89. The number of hydrogen-bond acceptors (Lipinski definition) is 4. The number of β-amino-alcohol motifs (C(OH)–C–C–N with tert-alkyl or cyclic N) is 1. The molecule has 0 radical (unpaired) electrons. The molecule has 2 atom stereocenters. The van der Waals surface area contributed by atoms with Gasteiger partial charge in [-0.15, -0.1) is 0 Å². The van der Waals surface area contributed by atoms with Crippen LogP contribution in [0.15, 0.2) is 36.7 Å². The zero-order valence-corrected chi connectivity index (χ0v) is 18.7. The van der Waals surface area contributed by atoms with Crippen molar-refractivity contribution in [3.8, 4) is 0 Å². The molecule has 2 N–H and O–H groups in total. The molecular weight excluding hydrogens is 404 g/mol. The average Bonchev–Trinajstić information content (AvgIpc) is 3.43. The number of fused-ring (bicyclic) bond motifs is 2. The monoisotopic (exact) mass is 432 g/mol. The number of imide groups is 1. The van der Waals surface area contributed by atoms with E-state index in [0.29, 0.717) is 0 Å². The number of benzene rings is 2. The number of aromatic nitrogens is 2. The molecule has 2 heterocycles. The summed E-state index contributed by atoms with van der Waals surface area (Å²) in [4.78, 5) is 31.5. The number of amides is 3. The largest absolute Gasteiger partial charge is 0.389 e. The second-order valence-corrected chi connectivity index (χ2v) is 9.28. The second kappa shape index (κ2) is 7.45. The fourth-order valence-corrected chi connectivity index (χ4v) is 4.90. The zero-order chi connectivity index (χ0) is 22.6. The Morgan fingerprint density at radius 1 is 1.09 bits per heavy atom. The molecule has 1 aliphatic carbocycles. The third-order valence-corrected chi connectivity index (χ3v) is 6.99. The number of nitrogens with one attached hydrogen (secondary N) is 1. The highest BCUT2D eigenvalue weighted by atomic mass is 16.3. The van der Waals surface area contributed by atoms with Gasteiger partial charge in [0.15, 0.2) is 0 Å². The summed E-state index contributed by atoms with van der Waals surface area (Å²) in [6.45, 7) is 5.99. The van der Waals surface area contributed by atoms with Crippen molar-refractivity contribution >= 4 is 23.0 Å². The minimum absolute atomic E-state index is 0.0737. The molecular formula is C25H28N4O3. The van der Waals surface area contributed by atoms with Gasteiger partial charge in [-0.1, -0.05) is 18.2 Å². The maximum Gasteiger partial charge on any atom is 0.325 e. The Labute approximate surface area is 187 Å². The molecule has 0 spiro atoms. The molecule has 1 aliphatic heterocycles. The minimum Gasteiger partial charge on any atom is -0.389 e. The van der Waals surface area contributed by atoms with Gasteiger partial charge in [0.05, 0.1) is 36.6 Å².